The molecule has 10 heteroatoms. The van der Waals surface area contributed by atoms with E-state index in [-0.39, 0.29) is 0 Å². The van der Waals surface area contributed by atoms with Crippen LogP contribution in [0.3, 0.4) is 0 Å². The number of carbonyl (C=O) groups excluding carboxylic acids is 3. The average molecular weight is 786 g/mol. The Labute approximate surface area is 301 Å². The van der Waals surface area contributed by atoms with E-state index in [0.717, 1.165) is 38.5 Å². The Balaban J connectivity index is -0.000000253. The molecule has 0 aliphatic heterocycles. The number of carboxylic acids is 3. The number of unbranched alkanes of at least 4 members (excludes halogenated alkanes) is 16. The minimum atomic E-state index is -1.04. The quantitative estimate of drug-likeness (QED) is 0.0509. The first kappa shape index (κ1) is 51.1. The van der Waals surface area contributed by atoms with Gasteiger partial charge in [-0.1, -0.05) is 136 Å². The van der Waals surface area contributed by atoms with Gasteiger partial charge < -0.3 is 29.7 Å². The Hall–Kier alpha value is 0.259. The number of hydrogen-bond acceptors (Lipinski definition) is 9. The Morgan fingerprint density at radius 2 is 0.636 bits per heavy atom. The van der Waals surface area contributed by atoms with E-state index in [1.807, 2.05) is 0 Å². The summed E-state index contributed by atoms with van der Waals surface area (Å²) < 4.78 is 1.43. The number of rotatable bonds is 26. The first-order chi connectivity index (χ1) is 21.0. The van der Waals surface area contributed by atoms with E-state index in [0.29, 0.717) is 19.3 Å². The van der Waals surface area contributed by atoms with E-state index in [4.69, 9.17) is 0 Å². The summed E-state index contributed by atoms with van der Waals surface area (Å²) in [5.41, 5.74) is 0. The van der Waals surface area contributed by atoms with Crippen molar-refractivity contribution < 1.29 is 29.7 Å². The predicted octanol–water partition coefficient (Wildman–Crippen LogP) is 6.73. The van der Waals surface area contributed by atoms with Gasteiger partial charge in [0.2, 0.25) is 0 Å². The van der Waals surface area contributed by atoms with Gasteiger partial charge >= 0.3 is 46.7 Å². The summed E-state index contributed by atoms with van der Waals surface area (Å²) in [4.78, 5) is 30.8. The molecule has 6 nitrogen and oxygen atoms in total. The van der Waals surface area contributed by atoms with Crippen molar-refractivity contribution in [3.63, 3.8) is 0 Å². The summed E-state index contributed by atoms with van der Waals surface area (Å²) in [5, 5.41) is 29.1. The first-order valence-corrected chi connectivity index (χ1v) is 20.8. The molecule has 0 aromatic carbocycles. The van der Waals surface area contributed by atoms with Gasteiger partial charge in [0.15, 0.2) is 0 Å². The van der Waals surface area contributed by atoms with Crippen molar-refractivity contribution in [1.82, 2.24) is 0 Å². The Morgan fingerprint density at radius 3 is 0.795 bits per heavy atom. The van der Waals surface area contributed by atoms with Crippen LogP contribution in [0.5, 0.6) is 0 Å². The molecule has 0 rings (SSSR count). The third-order valence-corrected chi connectivity index (χ3v) is 9.26. The van der Waals surface area contributed by atoms with Gasteiger partial charge in [-0.3, -0.25) is 0 Å². The van der Waals surface area contributed by atoms with Crippen LogP contribution in [0.25, 0.3) is 0 Å². The van der Waals surface area contributed by atoms with E-state index < -0.39 is 33.7 Å². The number of thiol groups is 3. The summed E-state index contributed by atoms with van der Waals surface area (Å²) in [6.45, 7) is 8.77. The van der Waals surface area contributed by atoms with Crippen LogP contribution in [0.1, 0.15) is 175 Å². The predicted molar refractivity (Wildman–Crippen MR) is 193 cm³/mol. The molecule has 0 aliphatic carbocycles. The fourth-order valence-corrected chi connectivity index (χ4v) is 5.44. The molecular formula is C34H66O6S3Sn. The molecule has 0 aromatic rings. The zero-order chi connectivity index (χ0) is 34.4. The molecule has 260 valence electrons. The van der Waals surface area contributed by atoms with Crippen molar-refractivity contribution >= 4 is 78.3 Å². The molecule has 0 aliphatic rings. The SMILES string of the molecule is CCCCCCCCC(S)C(=O)[O-].CCCCCCCCC(S)C(=O)[O-].CCCCCCCCC(S)C(=O)[O-].CCC[CH2][Sn+3]. The van der Waals surface area contributed by atoms with E-state index in [2.05, 4.69) is 65.6 Å². The molecule has 0 aromatic heterocycles. The maximum atomic E-state index is 10.3. The summed E-state index contributed by atoms with van der Waals surface area (Å²) in [7, 11) is 0. The molecule has 0 saturated carbocycles. The van der Waals surface area contributed by atoms with Crippen LogP contribution in [0.15, 0.2) is 0 Å². The van der Waals surface area contributed by atoms with Gasteiger partial charge in [0.1, 0.15) is 0 Å². The standard InChI is InChI=1S/3C10H20O2S.C4H9.Sn/c3*1-2-3-4-5-6-7-8-9(13)10(11)12;1-3-4-2;/h3*9,13H,2-8H2,1H3,(H,11,12);1,3-4H2,2H3;/q;;;;+3/p-3. The molecule has 0 N–H and O–H groups in total. The average Bonchev–Trinajstić information content (AvgIpc) is 2.99. The monoisotopic (exact) mass is 786 g/mol. The van der Waals surface area contributed by atoms with Gasteiger partial charge in [0, 0.05) is 15.7 Å². The summed E-state index contributed by atoms with van der Waals surface area (Å²) in [6, 6.07) is 0. The molecule has 0 amide bonds. The van der Waals surface area contributed by atoms with Gasteiger partial charge in [0.05, 0.1) is 17.9 Å². The van der Waals surface area contributed by atoms with E-state index >= 15 is 0 Å². The molecule has 0 fully saturated rings. The molecule has 0 spiro atoms. The summed E-state index contributed by atoms with van der Waals surface area (Å²) >= 11 is 13.4. The van der Waals surface area contributed by atoms with Crippen molar-refractivity contribution in [3.8, 4) is 0 Å². The Morgan fingerprint density at radius 1 is 0.432 bits per heavy atom. The number of carboxylic acid groups (broad SMARTS) is 3. The van der Waals surface area contributed by atoms with Crippen LogP contribution in [0.4, 0.5) is 0 Å². The maximum absolute atomic E-state index is 10.3. The van der Waals surface area contributed by atoms with Gasteiger partial charge in [-0.05, 0) is 19.3 Å². The van der Waals surface area contributed by atoms with Crippen molar-refractivity contribution in [3.05, 3.63) is 0 Å². The zero-order valence-corrected chi connectivity index (χ0v) is 34.0. The number of hydrogen-bond donors (Lipinski definition) is 3. The third kappa shape index (κ3) is 49.1. The topological polar surface area (TPSA) is 120 Å². The van der Waals surface area contributed by atoms with Crippen molar-refractivity contribution in [2.45, 2.75) is 196 Å². The molecule has 44 heavy (non-hydrogen) atoms. The molecule has 0 heterocycles. The molecule has 0 bridgehead atoms. The molecular weight excluding hydrogens is 719 g/mol. The fourth-order valence-electron chi connectivity index (χ4n) is 3.88. The fraction of sp³-hybridized carbons (Fsp3) is 0.912. The van der Waals surface area contributed by atoms with Crippen molar-refractivity contribution in [2.75, 3.05) is 0 Å². The third-order valence-electron chi connectivity index (χ3n) is 6.84. The van der Waals surface area contributed by atoms with E-state index in [9.17, 15) is 29.7 Å². The zero-order valence-electron chi connectivity index (χ0n) is 28.5. The van der Waals surface area contributed by atoms with Crippen LogP contribution < -0.4 is 15.3 Å². The van der Waals surface area contributed by atoms with Crippen LogP contribution in [-0.2, 0) is 14.4 Å². The van der Waals surface area contributed by atoms with Gasteiger partial charge in [-0.2, -0.15) is 37.9 Å². The van der Waals surface area contributed by atoms with Crippen LogP contribution >= 0.6 is 37.9 Å². The van der Waals surface area contributed by atoms with Crippen LogP contribution in [0.2, 0.25) is 4.44 Å². The molecule has 3 atom stereocenters. The Bertz CT molecular complexity index is 535. The molecule has 0 saturated heterocycles. The summed E-state index contributed by atoms with van der Waals surface area (Å²) in [5.74, 6) is -3.13. The van der Waals surface area contributed by atoms with E-state index in [1.165, 1.54) is 94.3 Å². The van der Waals surface area contributed by atoms with Gasteiger partial charge in [0.25, 0.3) is 0 Å². The van der Waals surface area contributed by atoms with Gasteiger partial charge in [-0.25, -0.2) is 0 Å². The van der Waals surface area contributed by atoms with E-state index in [1.54, 1.807) is 22.5 Å². The molecule has 3 unspecified atom stereocenters. The normalized spacial score (nSPS) is 12.3. The van der Waals surface area contributed by atoms with Crippen molar-refractivity contribution in [2.24, 2.45) is 0 Å². The first-order valence-electron chi connectivity index (χ1n) is 17.3. The Kier molecular flexibility index (Phi) is 50.2. The molecule has 0 radical (unpaired) electrons. The summed E-state index contributed by atoms with van der Waals surface area (Å²) in [6.07, 6.45) is 25.9. The second kappa shape index (κ2) is 43.3. The second-order valence-corrected chi connectivity index (χ2v) is 14.6. The van der Waals surface area contributed by atoms with Crippen molar-refractivity contribution in [1.29, 1.82) is 0 Å². The minimum absolute atomic E-state index is 0.578. The van der Waals surface area contributed by atoms with Crippen LogP contribution in [-0.4, -0.2) is 56.2 Å². The number of aliphatic carboxylic acids is 3. The second-order valence-electron chi connectivity index (χ2n) is 11.3. The van der Waals surface area contributed by atoms with Crippen LogP contribution in [0, 0.1) is 0 Å². The van der Waals surface area contributed by atoms with Gasteiger partial charge in [-0.15, -0.1) is 0 Å². The number of carbonyl (C=O) groups is 3.